The van der Waals surface area contributed by atoms with E-state index in [1.807, 2.05) is 0 Å². The molecule has 6 heteroatoms. The lowest BCUT2D eigenvalue weighted by molar-refractivity contribution is 0.00252. The Morgan fingerprint density at radius 1 is 0.575 bits per heavy atom. The van der Waals surface area contributed by atoms with Gasteiger partial charge in [0.25, 0.3) is 0 Å². The minimum Gasteiger partial charge on any atom is -0.378 e. The molecule has 5 nitrogen and oxygen atoms in total. The van der Waals surface area contributed by atoms with E-state index in [9.17, 15) is 24.3 Å². The van der Waals surface area contributed by atoms with Gasteiger partial charge in [-0.15, -0.1) is 0 Å². The number of rotatable bonds is 2. The average Bonchev–Trinajstić information content (AvgIpc) is 3.50. The van der Waals surface area contributed by atoms with Crippen molar-refractivity contribution in [3.63, 3.8) is 0 Å². The highest BCUT2D eigenvalue weighted by atomic mass is 79.9. The van der Waals surface area contributed by atoms with Gasteiger partial charge in [-0.05, 0) is 34.9 Å². The second-order valence-corrected chi connectivity index (χ2v) is 11.0. The van der Waals surface area contributed by atoms with Crippen LogP contribution in [0.15, 0.2) is 125 Å². The molecular formula is C34H19BrO5. The van der Waals surface area contributed by atoms with E-state index in [1.54, 1.807) is 103 Å². The molecule has 0 aromatic heterocycles. The van der Waals surface area contributed by atoms with Crippen molar-refractivity contribution in [2.24, 2.45) is 5.41 Å². The highest BCUT2D eigenvalue weighted by molar-refractivity contribution is 9.10. The van der Waals surface area contributed by atoms with Gasteiger partial charge in [0, 0.05) is 32.3 Å². The third-order valence-corrected chi connectivity index (χ3v) is 8.74. The first-order chi connectivity index (χ1) is 19.3. The molecule has 40 heavy (non-hydrogen) atoms. The first-order valence-corrected chi connectivity index (χ1v) is 13.5. The zero-order valence-corrected chi connectivity index (χ0v) is 22.4. The van der Waals surface area contributed by atoms with Crippen molar-refractivity contribution >= 4 is 44.6 Å². The van der Waals surface area contributed by atoms with Crippen LogP contribution in [0.2, 0.25) is 0 Å². The summed E-state index contributed by atoms with van der Waals surface area (Å²) >= 11 is 3.41. The lowest BCUT2D eigenvalue weighted by atomic mass is 9.61. The monoisotopic (exact) mass is 586 g/mol. The third-order valence-electron chi connectivity index (χ3n) is 8.21. The Hall–Kier alpha value is -4.52. The molecule has 0 aliphatic heterocycles. The second-order valence-electron chi connectivity index (χ2n) is 10.1. The van der Waals surface area contributed by atoms with E-state index < -0.39 is 34.1 Å². The number of hydrogen-bond acceptors (Lipinski definition) is 5. The molecule has 0 saturated heterocycles. The van der Waals surface area contributed by atoms with Crippen molar-refractivity contribution < 1.29 is 24.3 Å². The molecule has 4 aromatic rings. The Morgan fingerprint density at radius 3 is 1.57 bits per heavy atom. The van der Waals surface area contributed by atoms with Crippen LogP contribution in [0.25, 0.3) is 5.57 Å². The van der Waals surface area contributed by atoms with Gasteiger partial charge in [-0.25, -0.2) is 0 Å². The summed E-state index contributed by atoms with van der Waals surface area (Å²) in [6.45, 7) is 0. The summed E-state index contributed by atoms with van der Waals surface area (Å²) in [4.78, 5) is 56.8. The smallest absolute Gasteiger partial charge is 0.198 e. The van der Waals surface area contributed by atoms with Crippen LogP contribution in [0, 0.1) is 5.41 Å². The molecule has 0 heterocycles. The van der Waals surface area contributed by atoms with Gasteiger partial charge in [-0.3, -0.25) is 19.2 Å². The molecular weight excluding hydrogens is 568 g/mol. The Morgan fingerprint density at radius 2 is 1.05 bits per heavy atom. The predicted molar refractivity (Wildman–Crippen MR) is 152 cm³/mol. The fourth-order valence-corrected chi connectivity index (χ4v) is 6.71. The van der Waals surface area contributed by atoms with Gasteiger partial charge >= 0.3 is 0 Å². The lowest BCUT2D eigenvalue weighted by Gasteiger charge is -2.40. The largest absolute Gasteiger partial charge is 0.378 e. The van der Waals surface area contributed by atoms with E-state index in [0.29, 0.717) is 10.0 Å². The molecule has 1 spiro atoms. The van der Waals surface area contributed by atoms with E-state index in [4.69, 9.17) is 0 Å². The summed E-state index contributed by atoms with van der Waals surface area (Å²) in [6.07, 6.45) is 1.51. The summed E-state index contributed by atoms with van der Waals surface area (Å²) in [5.74, 6) is -2.27. The summed E-state index contributed by atoms with van der Waals surface area (Å²) < 4.78 is 0.713. The topological polar surface area (TPSA) is 88.5 Å². The van der Waals surface area contributed by atoms with Crippen LogP contribution >= 0.6 is 15.9 Å². The summed E-state index contributed by atoms with van der Waals surface area (Å²) in [6, 6.07) is 28.4. The fourth-order valence-electron chi connectivity index (χ4n) is 6.44. The number of carbonyl (C=O) groups excluding carboxylic acids is 4. The highest BCUT2D eigenvalue weighted by Gasteiger charge is 2.72. The molecule has 0 radical (unpaired) electrons. The zero-order chi connectivity index (χ0) is 27.8. The summed E-state index contributed by atoms with van der Waals surface area (Å²) in [7, 11) is 0. The van der Waals surface area contributed by atoms with E-state index >= 15 is 0 Å². The van der Waals surface area contributed by atoms with Crippen LogP contribution < -0.4 is 0 Å². The minimum absolute atomic E-state index is 0.0608. The number of carbonyl (C=O) groups is 4. The molecule has 0 bridgehead atoms. The molecule has 1 atom stereocenters. The summed E-state index contributed by atoms with van der Waals surface area (Å²) in [5.41, 5.74) is -3.05. The van der Waals surface area contributed by atoms with E-state index in [-0.39, 0.29) is 44.5 Å². The Balaban J connectivity index is 1.64. The van der Waals surface area contributed by atoms with Crippen molar-refractivity contribution in [1.29, 1.82) is 0 Å². The van der Waals surface area contributed by atoms with Gasteiger partial charge in [0.2, 0.25) is 0 Å². The van der Waals surface area contributed by atoms with Crippen LogP contribution in [0.4, 0.5) is 0 Å². The molecule has 3 aliphatic rings. The van der Waals surface area contributed by atoms with Crippen LogP contribution in [0.5, 0.6) is 0 Å². The number of benzene rings is 4. The van der Waals surface area contributed by atoms with Gasteiger partial charge in [0.05, 0.1) is 5.57 Å². The number of fused-ring (bicyclic) bond motifs is 2. The van der Waals surface area contributed by atoms with Crippen molar-refractivity contribution in [2.75, 3.05) is 0 Å². The average molecular weight is 587 g/mol. The standard InChI is InChI=1S/C34H19BrO5/c35-21-16-14-20(15-17-21)34(40)27(28-29(36)22-10-4-5-11-23(22)30(28)37)18-26(19-8-2-1-3-9-19)33(34)31(38)24-12-6-7-13-25(24)32(33)39/h1-18,40H/t34-/m0/s1. The van der Waals surface area contributed by atoms with Gasteiger partial charge in [0.1, 0.15) is 5.60 Å². The zero-order valence-electron chi connectivity index (χ0n) is 20.9. The molecule has 0 saturated carbocycles. The maximum Gasteiger partial charge on any atom is 0.198 e. The van der Waals surface area contributed by atoms with Gasteiger partial charge < -0.3 is 5.11 Å². The number of ketones is 4. The van der Waals surface area contributed by atoms with Crippen LogP contribution in [-0.4, -0.2) is 28.2 Å². The Bertz CT molecular complexity index is 1810. The molecule has 192 valence electrons. The molecule has 3 aliphatic carbocycles. The van der Waals surface area contributed by atoms with E-state index in [2.05, 4.69) is 15.9 Å². The fraction of sp³-hybridized carbons (Fsp3) is 0.0588. The normalized spacial score (nSPS) is 20.8. The van der Waals surface area contributed by atoms with E-state index in [0.717, 1.165) is 0 Å². The molecule has 4 aromatic carbocycles. The van der Waals surface area contributed by atoms with Gasteiger partial charge in [-0.2, -0.15) is 0 Å². The van der Waals surface area contributed by atoms with Crippen LogP contribution in [0.3, 0.4) is 0 Å². The first-order valence-electron chi connectivity index (χ1n) is 12.7. The Kier molecular flexibility index (Phi) is 5.20. The molecule has 0 amide bonds. The van der Waals surface area contributed by atoms with Crippen LogP contribution in [-0.2, 0) is 5.60 Å². The van der Waals surface area contributed by atoms with Crippen LogP contribution in [0.1, 0.15) is 52.6 Å². The number of aliphatic hydroxyl groups is 1. The predicted octanol–water partition coefficient (Wildman–Crippen LogP) is 6.18. The van der Waals surface area contributed by atoms with Crippen molar-refractivity contribution in [3.8, 4) is 0 Å². The van der Waals surface area contributed by atoms with Gasteiger partial charge in [-0.1, -0.05) is 107 Å². The van der Waals surface area contributed by atoms with Crippen molar-refractivity contribution in [2.45, 2.75) is 5.60 Å². The van der Waals surface area contributed by atoms with Crippen molar-refractivity contribution in [3.05, 3.63) is 158 Å². The van der Waals surface area contributed by atoms with Gasteiger partial charge in [0.15, 0.2) is 28.5 Å². The first kappa shape index (κ1) is 24.5. The summed E-state index contributed by atoms with van der Waals surface area (Å²) in [5, 5.41) is 13.1. The maximum absolute atomic E-state index is 14.6. The Labute approximate surface area is 237 Å². The SMILES string of the molecule is O=C1C(=C2C=C(c3ccccc3)C3(C(=O)c4ccccc4C3=O)[C@]2(O)c2ccc(Br)cc2)C(=O)c2ccccc21. The number of halogens is 1. The molecule has 0 unspecified atom stereocenters. The quantitative estimate of drug-likeness (QED) is 0.172. The number of hydrogen-bond donors (Lipinski definition) is 1. The third kappa shape index (κ3) is 2.89. The van der Waals surface area contributed by atoms with Crippen molar-refractivity contribution in [1.82, 2.24) is 0 Å². The molecule has 1 N–H and O–H groups in total. The lowest BCUT2D eigenvalue weighted by Crippen LogP contribution is -2.52. The molecule has 0 fully saturated rings. The number of Topliss-reactive ketones (excluding diaryl/α,β-unsaturated/α-hetero) is 4. The van der Waals surface area contributed by atoms with E-state index in [1.165, 1.54) is 6.08 Å². The minimum atomic E-state index is -2.37. The maximum atomic E-state index is 14.6. The second kappa shape index (κ2) is 8.49. The highest BCUT2D eigenvalue weighted by Crippen LogP contribution is 2.65. The number of allylic oxidation sites excluding steroid dienone is 1. The molecule has 7 rings (SSSR count).